The van der Waals surface area contributed by atoms with E-state index < -0.39 is 31.4 Å². The quantitative estimate of drug-likeness (QED) is 0.482. The molecule has 0 unspecified atom stereocenters. The molecular formula is C16H13N3O7S. The van der Waals surface area contributed by atoms with Crippen LogP contribution in [0.1, 0.15) is 10.6 Å². The molecule has 1 aromatic heterocycles. The van der Waals surface area contributed by atoms with E-state index in [-0.39, 0.29) is 22.8 Å². The first-order valence-corrected chi connectivity index (χ1v) is 8.89. The van der Waals surface area contributed by atoms with Gasteiger partial charge in [0.25, 0.3) is 21.6 Å². The van der Waals surface area contributed by atoms with E-state index in [1.807, 2.05) is 0 Å². The predicted octanol–water partition coefficient (Wildman–Crippen LogP) is 2.25. The number of nitrogens with zero attached hydrogens (tertiary/aromatic N) is 1. The number of carbonyl (C=O) groups excluding carboxylic acids is 1. The molecular weight excluding hydrogens is 378 g/mol. The number of non-ortho nitro benzene ring substituents is 1. The number of nitrogens with two attached hydrogens (primary N) is 1. The highest BCUT2D eigenvalue weighted by molar-refractivity contribution is 7.92. The second-order valence-corrected chi connectivity index (χ2v) is 7.02. The summed E-state index contributed by atoms with van der Waals surface area (Å²) in [6, 6.07) is 9.46. The molecule has 2 aromatic carbocycles. The van der Waals surface area contributed by atoms with Crippen molar-refractivity contribution < 1.29 is 27.3 Å². The summed E-state index contributed by atoms with van der Waals surface area (Å²) >= 11 is 0. The molecule has 3 rings (SSSR count). The largest absolute Gasteiger partial charge is 0.495 e. The third kappa shape index (κ3) is 3.27. The fourth-order valence-corrected chi connectivity index (χ4v) is 3.77. The number of sulfonamides is 1. The minimum absolute atomic E-state index is 0.110. The Morgan fingerprint density at radius 1 is 1.26 bits per heavy atom. The summed E-state index contributed by atoms with van der Waals surface area (Å²) in [5, 5.41) is 11.3. The molecule has 11 heteroatoms. The first-order chi connectivity index (χ1) is 12.7. The van der Waals surface area contributed by atoms with Crippen LogP contribution in [-0.2, 0) is 10.0 Å². The zero-order chi connectivity index (χ0) is 19.8. The summed E-state index contributed by atoms with van der Waals surface area (Å²) in [5.41, 5.74) is 4.92. The topological polar surface area (TPSA) is 155 Å². The Balaban J connectivity index is 2.17. The summed E-state index contributed by atoms with van der Waals surface area (Å²) in [7, 11) is -3.15. The number of ether oxygens (including phenoxy) is 1. The fourth-order valence-electron chi connectivity index (χ4n) is 2.50. The van der Waals surface area contributed by atoms with Crippen LogP contribution < -0.4 is 15.2 Å². The molecule has 3 N–H and O–H groups in total. The van der Waals surface area contributed by atoms with Crippen LogP contribution in [0.25, 0.3) is 11.0 Å². The molecule has 0 spiro atoms. The van der Waals surface area contributed by atoms with Gasteiger partial charge in [0.05, 0.1) is 12.0 Å². The number of anilines is 1. The van der Waals surface area contributed by atoms with Crippen LogP contribution in [0, 0.1) is 10.1 Å². The molecule has 140 valence electrons. The number of amides is 1. The van der Waals surface area contributed by atoms with Crippen LogP contribution >= 0.6 is 0 Å². The minimum atomic E-state index is -4.38. The van der Waals surface area contributed by atoms with E-state index >= 15 is 0 Å². The first kappa shape index (κ1) is 18.2. The lowest BCUT2D eigenvalue weighted by Crippen LogP contribution is -2.18. The molecule has 0 bridgehead atoms. The Hall–Kier alpha value is -3.60. The van der Waals surface area contributed by atoms with Crippen LogP contribution in [0.3, 0.4) is 0 Å². The maximum atomic E-state index is 12.9. The Morgan fingerprint density at radius 3 is 2.59 bits per heavy atom. The van der Waals surface area contributed by atoms with Gasteiger partial charge in [0.2, 0.25) is 5.76 Å². The van der Waals surface area contributed by atoms with Gasteiger partial charge in [0, 0.05) is 17.5 Å². The van der Waals surface area contributed by atoms with Crippen LogP contribution in [0.5, 0.6) is 5.75 Å². The monoisotopic (exact) mass is 391 g/mol. The number of hydrogen-bond acceptors (Lipinski definition) is 7. The van der Waals surface area contributed by atoms with Gasteiger partial charge in [-0.15, -0.1) is 0 Å². The zero-order valence-corrected chi connectivity index (χ0v) is 14.6. The smallest absolute Gasteiger partial charge is 0.286 e. The molecule has 0 saturated heterocycles. The number of primary amides is 1. The number of rotatable bonds is 6. The van der Waals surface area contributed by atoms with Gasteiger partial charge >= 0.3 is 0 Å². The van der Waals surface area contributed by atoms with Crippen molar-refractivity contribution in [2.75, 3.05) is 11.8 Å². The molecule has 27 heavy (non-hydrogen) atoms. The SMILES string of the molecule is COc1ccc([N+](=O)[O-])cc1S(=O)(=O)Nc1c(C(N)=O)oc2ccccc12. The van der Waals surface area contributed by atoms with Crippen LogP contribution in [0.15, 0.2) is 51.8 Å². The van der Waals surface area contributed by atoms with Crippen LogP contribution in [0.4, 0.5) is 11.4 Å². The summed E-state index contributed by atoms with van der Waals surface area (Å²) in [4.78, 5) is 21.4. The number of nitrogens with one attached hydrogen (secondary N) is 1. The summed E-state index contributed by atoms with van der Waals surface area (Å²) in [6.45, 7) is 0. The molecule has 1 heterocycles. The number of nitro benzene ring substituents is 1. The minimum Gasteiger partial charge on any atom is -0.495 e. The Morgan fingerprint density at radius 2 is 1.96 bits per heavy atom. The highest BCUT2D eigenvalue weighted by Gasteiger charge is 2.27. The molecule has 0 radical (unpaired) electrons. The number of methoxy groups -OCH3 is 1. The maximum absolute atomic E-state index is 12.9. The summed E-state index contributed by atoms with van der Waals surface area (Å²) < 4.78 is 38.3. The molecule has 0 aliphatic heterocycles. The van der Waals surface area contributed by atoms with Crippen molar-refractivity contribution in [1.29, 1.82) is 0 Å². The van der Waals surface area contributed by atoms with E-state index in [9.17, 15) is 23.3 Å². The number of benzene rings is 2. The van der Waals surface area contributed by atoms with Gasteiger partial charge in [-0.3, -0.25) is 19.6 Å². The van der Waals surface area contributed by atoms with Gasteiger partial charge in [0.1, 0.15) is 21.9 Å². The highest BCUT2D eigenvalue weighted by Crippen LogP contribution is 2.35. The molecule has 0 aliphatic carbocycles. The van der Waals surface area contributed by atoms with Crippen molar-refractivity contribution in [3.63, 3.8) is 0 Å². The maximum Gasteiger partial charge on any atom is 0.286 e. The average molecular weight is 391 g/mol. The number of carbonyl (C=O) groups is 1. The highest BCUT2D eigenvalue weighted by atomic mass is 32.2. The van der Waals surface area contributed by atoms with Crippen molar-refractivity contribution in [2.45, 2.75) is 4.90 Å². The van der Waals surface area contributed by atoms with E-state index in [2.05, 4.69) is 4.72 Å². The van der Waals surface area contributed by atoms with Gasteiger partial charge in [-0.25, -0.2) is 8.42 Å². The summed E-state index contributed by atoms with van der Waals surface area (Å²) in [6.07, 6.45) is 0. The van der Waals surface area contributed by atoms with E-state index in [1.54, 1.807) is 12.1 Å². The van der Waals surface area contributed by atoms with Gasteiger partial charge in [-0.05, 0) is 18.2 Å². The van der Waals surface area contributed by atoms with Crippen molar-refractivity contribution in [2.24, 2.45) is 5.73 Å². The van der Waals surface area contributed by atoms with Crippen molar-refractivity contribution in [3.8, 4) is 5.75 Å². The third-order valence-electron chi connectivity index (χ3n) is 3.70. The van der Waals surface area contributed by atoms with E-state index in [0.717, 1.165) is 18.2 Å². The van der Waals surface area contributed by atoms with Crippen LogP contribution in [-0.4, -0.2) is 26.4 Å². The second-order valence-electron chi connectivity index (χ2n) is 5.36. The third-order valence-corrected chi connectivity index (χ3v) is 5.07. The second kappa shape index (κ2) is 6.61. The molecule has 3 aromatic rings. The first-order valence-electron chi connectivity index (χ1n) is 7.41. The zero-order valence-electron chi connectivity index (χ0n) is 13.8. The number of fused-ring (bicyclic) bond motifs is 1. The van der Waals surface area contributed by atoms with E-state index in [0.29, 0.717) is 5.39 Å². The lowest BCUT2D eigenvalue weighted by atomic mass is 10.2. The molecule has 10 nitrogen and oxygen atoms in total. The fraction of sp³-hybridized carbons (Fsp3) is 0.0625. The molecule has 0 atom stereocenters. The Bertz CT molecular complexity index is 1170. The normalized spacial score (nSPS) is 11.3. The van der Waals surface area contributed by atoms with E-state index in [1.165, 1.54) is 19.2 Å². The molecule has 1 amide bonds. The lowest BCUT2D eigenvalue weighted by molar-refractivity contribution is -0.385. The van der Waals surface area contributed by atoms with Gasteiger partial charge in [-0.2, -0.15) is 0 Å². The summed E-state index contributed by atoms with van der Waals surface area (Å²) in [5.74, 6) is -1.47. The Kier molecular flexibility index (Phi) is 4.45. The number of para-hydroxylation sites is 1. The standard InChI is InChI=1S/C16H13N3O7S/c1-25-12-7-6-9(19(21)22)8-13(12)27(23,24)18-14-10-4-2-3-5-11(10)26-15(14)16(17)20/h2-8,18H,1H3,(H2,17,20). The predicted molar refractivity (Wildman–Crippen MR) is 95.2 cm³/mol. The number of hydrogen-bond donors (Lipinski definition) is 2. The van der Waals surface area contributed by atoms with Gasteiger partial charge in [0.15, 0.2) is 0 Å². The van der Waals surface area contributed by atoms with Crippen molar-refractivity contribution in [3.05, 3.63) is 58.3 Å². The number of furan rings is 1. The van der Waals surface area contributed by atoms with Gasteiger partial charge < -0.3 is 14.9 Å². The van der Waals surface area contributed by atoms with Crippen molar-refractivity contribution in [1.82, 2.24) is 0 Å². The molecule has 0 saturated carbocycles. The molecule has 0 fully saturated rings. The average Bonchev–Trinajstić information content (AvgIpc) is 2.99. The van der Waals surface area contributed by atoms with Crippen molar-refractivity contribution >= 4 is 38.3 Å². The van der Waals surface area contributed by atoms with Crippen LogP contribution in [0.2, 0.25) is 0 Å². The Labute approximate surface area is 152 Å². The lowest BCUT2D eigenvalue weighted by Gasteiger charge is -2.11. The van der Waals surface area contributed by atoms with E-state index in [4.69, 9.17) is 14.9 Å². The van der Waals surface area contributed by atoms with Gasteiger partial charge in [-0.1, -0.05) is 12.1 Å². The molecule has 0 aliphatic rings. The number of nitro groups is 1.